The first-order chi connectivity index (χ1) is 4.20. The number of ether oxygens (including phenoxy) is 1. The van der Waals surface area contributed by atoms with Crippen molar-refractivity contribution in [3.8, 4) is 0 Å². The number of allylic oxidation sites excluding steroid dienone is 1. The molecule has 0 bridgehead atoms. The molecular weight excluding hydrogens is 120 g/mol. The Balaban J connectivity index is 3.79. The van der Waals surface area contributed by atoms with Gasteiger partial charge in [0.05, 0.1) is 18.9 Å². The molecule has 0 fully saturated rings. The van der Waals surface area contributed by atoms with Crippen LogP contribution in [-0.4, -0.2) is 18.2 Å². The van der Waals surface area contributed by atoms with Gasteiger partial charge in [-0.1, -0.05) is 6.92 Å². The zero-order valence-corrected chi connectivity index (χ0v) is 5.55. The van der Waals surface area contributed by atoms with Gasteiger partial charge in [0.25, 0.3) is 0 Å². The number of aliphatic hydroxyl groups excluding tert-OH is 1. The number of methoxy groups -OCH3 is 1. The van der Waals surface area contributed by atoms with Gasteiger partial charge < -0.3 is 9.84 Å². The standard InChI is InChI=1S/C6H10O3/c1-3-5(7)4-6(8)9-2/h4,7H,3H2,1-2H3/b5-4-. The Morgan fingerprint density at radius 1 is 1.78 bits per heavy atom. The van der Waals surface area contributed by atoms with Crippen LogP contribution in [0.1, 0.15) is 13.3 Å². The van der Waals surface area contributed by atoms with E-state index in [0.717, 1.165) is 6.08 Å². The topological polar surface area (TPSA) is 46.5 Å². The van der Waals surface area contributed by atoms with Crippen LogP contribution >= 0.6 is 0 Å². The number of aliphatic hydroxyl groups is 1. The number of hydrogen-bond acceptors (Lipinski definition) is 3. The second-order valence-corrected chi connectivity index (χ2v) is 1.51. The SMILES string of the molecule is CC/C(O)=C/C(=O)OC. The molecule has 3 heteroatoms. The fourth-order valence-corrected chi connectivity index (χ4v) is 0.297. The minimum atomic E-state index is -0.519. The largest absolute Gasteiger partial charge is 0.512 e. The lowest BCUT2D eigenvalue weighted by Crippen LogP contribution is -1.96. The minimum absolute atomic E-state index is 0.0434. The van der Waals surface area contributed by atoms with E-state index in [1.165, 1.54) is 7.11 Å². The van der Waals surface area contributed by atoms with Crippen LogP contribution < -0.4 is 0 Å². The number of hydrogen-bond donors (Lipinski definition) is 1. The summed E-state index contributed by atoms with van der Waals surface area (Å²) in [5, 5.41) is 8.72. The van der Waals surface area contributed by atoms with Crippen molar-refractivity contribution in [3.63, 3.8) is 0 Å². The highest BCUT2D eigenvalue weighted by Crippen LogP contribution is 1.93. The Morgan fingerprint density at radius 3 is 2.67 bits per heavy atom. The fraction of sp³-hybridized carbons (Fsp3) is 0.500. The van der Waals surface area contributed by atoms with Gasteiger partial charge in [0.1, 0.15) is 0 Å². The van der Waals surface area contributed by atoms with Gasteiger partial charge in [-0.15, -0.1) is 0 Å². The molecule has 0 unspecified atom stereocenters. The highest BCUT2D eigenvalue weighted by molar-refractivity contribution is 5.82. The first kappa shape index (κ1) is 8.01. The molecule has 0 atom stereocenters. The zero-order valence-electron chi connectivity index (χ0n) is 5.55. The predicted octanol–water partition coefficient (Wildman–Crippen LogP) is 1.01. The summed E-state index contributed by atoms with van der Waals surface area (Å²) in [6.45, 7) is 1.74. The molecule has 0 aliphatic carbocycles. The summed E-state index contributed by atoms with van der Waals surface area (Å²) in [5.74, 6) is -0.476. The highest BCUT2D eigenvalue weighted by atomic mass is 16.5. The Labute approximate surface area is 53.9 Å². The molecule has 0 rings (SSSR count). The van der Waals surface area contributed by atoms with Crippen molar-refractivity contribution in [2.75, 3.05) is 7.11 Å². The molecule has 0 aliphatic heterocycles. The molecule has 0 aromatic rings. The monoisotopic (exact) mass is 130 g/mol. The maximum absolute atomic E-state index is 10.3. The molecular formula is C6H10O3. The Bertz CT molecular complexity index is 126. The van der Waals surface area contributed by atoms with E-state index in [9.17, 15) is 4.79 Å². The van der Waals surface area contributed by atoms with Crippen molar-refractivity contribution in [1.82, 2.24) is 0 Å². The van der Waals surface area contributed by atoms with Gasteiger partial charge in [0.15, 0.2) is 0 Å². The first-order valence-corrected chi connectivity index (χ1v) is 2.68. The van der Waals surface area contributed by atoms with Gasteiger partial charge >= 0.3 is 5.97 Å². The van der Waals surface area contributed by atoms with E-state index < -0.39 is 5.97 Å². The highest BCUT2D eigenvalue weighted by Gasteiger charge is 1.94. The molecule has 0 saturated heterocycles. The summed E-state index contributed by atoms with van der Waals surface area (Å²) < 4.78 is 4.25. The second kappa shape index (κ2) is 3.95. The van der Waals surface area contributed by atoms with E-state index in [2.05, 4.69) is 4.74 Å². The van der Waals surface area contributed by atoms with Crippen molar-refractivity contribution in [1.29, 1.82) is 0 Å². The molecule has 52 valence electrons. The summed E-state index contributed by atoms with van der Waals surface area (Å²) in [4.78, 5) is 10.3. The van der Waals surface area contributed by atoms with E-state index in [1.807, 2.05) is 0 Å². The van der Waals surface area contributed by atoms with Gasteiger partial charge in [-0.05, 0) is 0 Å². The Kier molecular flexibility index (Phi) is 3.51. The molecule has 0 aromatic carbocycles. The molecule has 0 aliphatic rings. The minimum Gasteiger partial charge on any atom is -0.512 e. The van der Waals surface area contributed by atoms with Crippen molar-refractivity contribution in [2.24, 2.45) is 0 Å². The van der Waals surface area contributed by atoms with Crippen LogP contribution in [-0.2, 0) is 9.53 Å². The fourth-order valence-electron chi connectivity index (χ4n) is 0.297. The molecule has 0 heterocycles. The smallest absolute Gasteiger partial charge is 0.333 e. The quantitative estimate of drug-likeness (QED) is 0.344. The second-order valence-electron chi connectivity index (χ2n) is 1.51. The van der Waals surface area contributed by atoms with E-state index in [4.69, 9.17) is 5.11 Å². The average Bonchev–Trinajstić information content (AvgIpc) is 1.87. The van der Waals surface area contributed by atoms with Crippen LogP contribution in [0.4, 0.5) is 0 Å². The van der Waals surface area contributed by atoms with Crippen LogP contribution in [0.5, 0.6) is 0 Å². The molecule has 0 radical (unpaired) electrons. The van der Waals surface area contributed by atoms with Crippen LogP contribution in [0.25, 0.3) is 0 Å². The average molecular weight is 130 g/mol. The van der Waals surface area contributed by atoms with Crippen LogP contribution in [0.3, 0.4) is 0 Å². The van der Waals surface area contributed by atoms with Gasteiger partial charge in [-0.2, -0.15) is 0 Å². The molecule has 0 aromatic heterocycles. The van der Waals surface area contributed by atoms with Crippen LogP contribution in [0.2, 0.25) is 0 Å². The lowest BCUT2D eigenvalue weighted by atomic mass is 10.4. The van der Waals surface area contributed by atoms with Crippen LogP contribution in [0.15, 0.2) is 11.8 Å². The maximum atomic E-state index is 10.3. The van der Waals surface area contributed by atoms with E-state index in [0.29, 0.717) is 6.42 Å². The third-order valence-electron chi connectivity index (χ3n) is 0.848. The first-order valence-electron chi connectivity index (χ1n) is 2.68. The van der Waals surface area contributed by atoms with Crippen molar-refractivity contribution < 1.29 is 14.6 Å². The molecule has 0 amide bonds. The molecule has 1 N–H and O–H groups in total. The molecule has 9 heavy (non-hydrogen) atoms. The van der Waals surface area contributed by atoms with E-state index in [-0.39, 0.29) is 5.76 Å². The number of carbonyl (C=O) groups is 1. The lowest BCUT2D eigenvalue weighted by molar-refractivity contribution is -0.135. The molecule has 0 spiro atoms. The number of rotatable bonds is 2. The molecule has 0 saturated carbocycles. The van der Waals surface area contributed by atoms with Gasteiger partial charge in [0.2, 0.25) is 0 Å². The Hall–Kier alpha value is -0.990. The number of esters is 1. The van der Waals surface area contributed by atoms with E-state index in [1.54, 1.807) is 6.92 Å². The van der Waals surface area contributed by atoms with Crippen molar-refractivity contribution in [3.05, 3.63) is 11.8 Å². The van der Waals surface area contributed by atoms with Gasteiger partial charge in [-0.25, -0.2) is 4.79 Å². The summed E-state index contributed by atoms with van der Waals surface area (Å²) in [7, 11) is 1.27. The lowest BCUT2D eigenvalue weighted by Gasteiger charge is -1.92. The third kappa shape index (κ3) is 3.58. The van der Waals surface area contributed by atoms with E-state index >= 15 is 0 Å². The summed E-state index contributed by atoms with van der Waals surface area (Å²) in [6.07, 6.45) is 1.51. The zero-order chi connectivity index (χ0) is 7.28. The summed E-state index contributed by atoms with van der Waals surface area (Å²) in [6, 6.07) is 0. The van der Waals surface area contributed by atoms with Crippen molar-refractivity contribution in [2.45, 2.75) is 13.3 Å². The third-order valence-corrected chi connectivity index (χ3v) is 0.848. The summed E-state index contributed by atoms with van der Waals surface area (Å²) >= 11 is 0. The summed E-state index contributed by atoms with van der Waals surface area (Å²) in [5.41, 5.74) is 0. The maximum Gasteiger partial charge on any atom is 0.333 e. The van der Waals surface area contributed by atoms with Crippen molar-refractivity contribution >= 4 is 5.97 Å². The van der Waals surface area contributed by atoms with Gasteiger partial charge in [-0.3, -0.25) is 0 Å². The van der Waals surface area contributed by atoms with Crippen LogP contribution in [0, 0.1) is 0 Å². The Morgan fingerprint density at radius 2 is 2.33 bits per heavy atom. The molecule has 3 nitrogen and oxygen atoms in total. The predicted molar refractivity (Wildman–Crippen MR) is 33.0 cm³/mol. The normalized spacial score (nSPS) is 11.1. The van der Waals surface area contributed by atoms with Gasteiger partial charge in [0, 0.05) is 6.42 Å². The number of carbonyl (C=O) groups excluding carboxylic acids is 1.